The van der Waals surface area contributed by atoms with Crippen molar-refractivity contribution in [2.75, 3.05) is 44.0 Å². The Balaban J connectivity index is 1.20. The molecule has 1 aliphatic rings. The molecule has 0 bridgehead atoms. The summed E-state index contributed by atoms with van der Waals surface area (Å²) in [5.41, 5.74) is 3.93. The number of nitrogens with zero attached hydrogens (tertiary/aromatic N) is 5. The second-order valence-corrected chi connectivity index (χ2v) is 12.8. The zero-order chi connectivity index (χ0) is 36.5. The van der Waals surface area contributed by atoms with Gasteiger partial charge in [-0.15, -0.1) is 0 Å². The third-order valence-corrected chi connectivity index (χ3v) is 8.86. The number of hydrogen-bond acceptors (Lipinski definition) is 11. The number of halogens is 1. The highest BCUT2D eigenvalue weighted by Crippen LogP contribution is 2.35. The second-order valence-electron chi connectivity index (χ2n) is 12.8. The van der Waals surface area contributed by atoms with Gasteiger partial charge in [0.2, 0.25) is 17.7 Å². The van der Waals surface area contributed by atoms with Crippen LogP contribution in [0.3, 0.4) is 0 Å². The van der Waals surface area contributed by atoms with Gasteiger partial charge >= 0.3 is 0 Å². The lowest BCUT2D eigenvalue weighted by Crippen LogP contribution is -2.31. The smallest absolute Gasteiger partial charge is 0.262 e. The molecule has 3 heterocycles. The maximum atomic E-state index is 15.1. The van der Waals surface area contributed by atoms with Crippen LogP contribution >= 0.6 is 0 Å². The molecule has 1 aliphatic heterocycles. The first-order valence-electron chi connectivity index (χ1n) is 17.6. The van der Waals surface area contributed by atoms with Crippen LogP contribution in [0.2, 0.25) is 0 Å². The van der Waals surface area contributed by atoms with E-state index in [1.165, 1.54) is 38.6 Å². The summed E-state index contributed by atoms with van der Waals surface area (Å²) in [6.45, 7) is 9.21. The summed E-state index contributed by atoms with van der Waals surface area (Å²) in [6.07, 6.45) is 7.14. The number of methoxy groups -OCH3 is 1. The summed E-state index contributed by atoms with van der Waals surface area (Å²) in [5.74, 6) is 1.16. The average molecular weight is 710 g/mol. The van der Waals surface area contributed by atoms with Gasteiger partial charge in [-0.25, -0.2) is 9.37 Å². The number of anilines is 3. The van der Waals surface area contributed by atoms with E-state index < -0.39 is 11.7 Å². The number of rotatable bonds is 15. The molecular weight excluding hydrogens is 665 g/mol. The van der Waals surface area contributed by atoms with E-state index in [1.54, 1.807) is 25.1 Å². The average Bonchev–Trinajstić information content (AvgIpc) is 3.57. The number of benzene rings is 3. The Morgan fingerprint density at radius 1 is 0.942 bits per heavy atom. The Morgan fingerprint density at radius 2 is 1.73 bits per heavy atom. The molecule has 1 amide bonds. The van der Waals surface area contributed by atoms with Crippen LogP contribution in [0.5, 0.6) is 23.1 Å². The van der Waals surface area contributed by atoms with E-state index in [0.29, 0.717) is 54.0 Å². The third kappa shape index (κ3) is 9.40. The molecule has 1 fully saturated rings. The third-order valence-electron chi connectivity index (χ3n) is 8.86. The zero-order valence-electron chi connectivity index (χ0n) is 30.0. The summed E-state index contributed by atoms with van der Waals surface area (Å²) in [4.78, 5) is 29.3. The molecule has 1 saturated heterocycles. The summed E-state index contributed by atoms with van der Waals surface area (Å²) < 4.78 is 38.0. The Kier molecular flexibility index (Phi) is 11.9. The Bertz CT molecular complexity index is 1980. The van der Waals surface area contributed by atoms with Crippen LogP contribution in [-0.2, 0) is 12.8 Å². The summed E-state index contributed by atoms with van der Waals surface area (Å²) in [7, 11) is 1.53. The molecular formula is C39H44FN7O5. The van der Waals surface area contributed by atoms with E-state index in [9.17, 15) is 4.79 Å². The first-order valence-corrected chi connectivity index (χ1v) is 17.6. The van der Waals surface area contributed by atoms with Gasteiger partial charge in [0.05, 0.1) is 13.7 Å². The Hall–Kier alpha value is -5.56. The SMILES string of the molecule is COc1cc(CCc2nc(C)no2)ccc1Oc1nc(Nc2ccc(OCCCN3CCCCC3)c(F)c2)ncc1C(=O)Nc1c(C)cccc1C. The maximum Gasteiger partial charge on any atom is 0.262 e. The van der Waals surface area contributed by atoms with E-state index in [-0.39, 0.29) is 23.1 Å². The molecule has 52 heavy (non-hydrogen) atoms. The van der Waals surface area contributed by atoms with E-state index in [2.05, 4.69) is 35.6 Å². The predicted octanol–water partition coefficient (Wildman–Crippen LogP) is 7.76. The van der Waals surface area contributed by atoms with Gasteiger partial charge in [0, 0.05) is 36.6 Å². The van der Waals surface area contributed by atoms with E-state index in [0.717, 1.165) is 42.7 Å². The number of ether oxygens (including phenoxy) is 3. The van der Waals surface area contributed by atoms with Crippen molar-refractivity contribution in [3.8, 4) is 23.1 Å². The van der Waals surface area contributed by atoms with Crippen LogP contribution in [0.4, 0.5) is 21.7 Å². The lowest BCUT2D eigenvalue weighted by molar-refractivity contribution is 0.102. The molecule has 0 aliphatic carbocycles. The molecule has 0 spiro atoms. The maximum absolute atomic E-state index is 15.1. The van der Waals surface area contributed by atoms with Gasteiger partial charge in [-0.05, 0) is 100 Å². The predicted molar refractivity (Wildman–Crippen MR) is 195 cm³/mol. The lowest BCUT2D eigenvalue weighted by Gasteiger charge is -2.26. The molecule has 2 aromatic heterocycles. The van der Waals surface area contributed by atoms with Crippen molar-refractivity contribution in [3.05, 3.63) is 101 Å². The van der Waals surface area contributed by atoms with Gasteiger partial charge < -0.3 is 34.3 Å². The topological polar surface area (TPSA) is 137 Å². The minimum absolute atomic E-state index is 0.0252. The fourth-order valence-corrected chi connectivity index (χ4v) is 6.08. The zero-order valence-corrected chi connectivity index (χ0v) is 30.0. The molecule has 6 rings (SSSR count). The summed E-state index contributed by atoms with van der Waals surface area (Å²) >= 11 is 0. The highest BCUT2D eigenvalue weighted by Gasteiger charge is 2.21. The van der Waals surface area contributed by atoms with Crippen molar-refractivity contribution < 1.29 is 27.9 Å². The van der Waals surface area contributed by atoms with Gasteiger partial charge in [0.15, 0.2) is 28.9 Å². The van der Waals surface area contributed by atoms with Crippen LogP contribution < -0.4 is 24.8 Å². The van der Waals surface area contributed by atoms with Gasteiger partial charge in [0.25, 0.3) is 5.91 Å². The number of aryl methyl sites for hydroxylation is 5. The molecule has 3 aromatic carbocycles. The first-order chi connectivity index (χ1) is 25.2. The van der Waals surface area contributed by atoms with Crippen LogP contribution in [0, 0.1) is 26.6 Å². The number of para-hydroxylation sites is 1. The first kappa shape index (κ1) is 36.2. The largest absolute Gasteiger partial charge is 0.493 e. The van der Waals surface area contributed by atoms with E-state index >= 15 is 4.39 Å². The summed E-state index contributed by atoms with van der Waals surface area (Å²) in [5, 5.41) is 9.85. The Morgan fingerprint density at radius 3 is 2.46 bits per heavy atom. The van der Waals surface area contributed by atoms with E-state index in [4.69, 9.17) is 18.7 Å². The molecule has 0 saturated carbocycles. The highest BCUT2D eigenvalue weighted by atomic mass is 19.1. The van der Waals surface area contributed by atoms with E-state index in [1.807, 2.05) is 44.2 Å². The van der Waals surface area contributed by atoms with Crippen molar-refractivity contribution in [1.29, 1.82) is 0 Å². The highest BCUT2D eigenvalue weighted by molar-refractivity contribution is 6.06. The molecule has 12 nitrogen and oxygen atoms in total. The van der Waals surface area contributed by atoms with Crippen molar-refractivity contribution in [2.24, 2.45) is 0 Å². The van der Waals surface area contributed by atoms with Gasteiger partial charge in [-0.1, -0.05) is 35.8 Å². The number of aromatic nitrogens is 4. The van der Waals surface area contributed by atoms with Crippen LogP contribution in [0.15, 0.2) is 65.3 Å². The van der Waals surface area contributed by atoms with Crippen molar-refractivity contribution in [2.45, 2.75) is 59.3 Å². The monoisotopic (exact) mass is 709 g/mol. The quantitative estimate of drug-likeness (QED) is 0.103. The number of likely N-dealkylation sites (tertiary alicyclic amines) is 1. The Labute approximate surface area is 302 Å². The molecule has 0 atom stereocenters. The molecule has 0 unspecified atom stereocenters. The molecule has 13 heteroatoms. The number of amides is 1. The van der Waals surface area contributed by atoms with Gasteiger partial charge in [-0.2, -0.15) is 9.97 Å². The lowest BCUT2D eigenvalue weighted by atomic mass is 10.1. The molecule has 2 N–H and O–H groups in total. The minimum atomic E-state index is -0.511. The minimum Gasteiger partial charge on any atom is -0.493 e. The van der Waals surface area contributed by atoms with Crippen LogP contribution in [0.1, 0.15) is 64.4 Å². The number of nitrogens with one attached hydrogen (secondary N) is 2. The number of piperidine rings is 1. The number of hydrogen-bond donors (Lipinski definition) is 2. The van der Waals surface area contributed by atoms with Crippen molar-refractivity contribution >= 4 is 23.2 Å². The molecule has 5 aromatic rings. The number of carbonyl (C=O) groups is 1. The number of carbonyl (C=O) groups excluding carboxylic acids is 1. The molecule has 0 radical (unpaired) electrons. The fraction of sp³-hybridized carbons (Fsp3) is 0.359. The van der Waals surface area contributed by atoms with Gasteiger partial charge in [-0.3, -0.25) is 4.79 Å². The molecule has 272 valence electrons. The van der Waals surface area contributed by atoms with Gasteiger partial charge in [0.1, 0.15) is 5.56 Å². The van der Waals surface area contributed by atoms with Crippen LogP contribution in [-0.4, -0.2) is 64.3 Å². The normalized spacial score (nSPS) is 13.1. The second kappa shape index (κ2) is 17.1. The van der Waals surface area contributed by atoms with Crippen molar-refractivity contribution in [1.82, 2.24) is 25.0 Å². The summed E-state index contributed by atoms with van der Waals surface area (Å²) in [6, 6.07) is 15.8. The van der Waals surface area contributed by atoms with Crippen molar-refractivity contribution in [3.63, 3.8) is 0 Å². The standard InChI is InChI=1S/C39H44FN7O5/c1-25-10-8-11-26(2)36(25)44-37(48)30-24-41-39(43-29-14-16-32(31(40)23-29)50-21-9-20-47-18-6-5-7-19-47)45-38(30)51-33-15-12-28(22-34(33)49-4)13-17-35-42-27(3)46-52-35/h8,10-12,14-16,22-24H,5-7,9,13,17-21H2,1-4H3,(H,44,48)(H,41,43,45). The van der Waals surface area contributed by atoms with Crippen LogP contribution in [0.25, 0.3) is 0 Å². The fourth-order valence-electron chi connectivity index (χ4n) is 6.08.